The smallest absolute Gasteiger partial charge is 0.293 e. The fraction of sp³-hybridized carbons (Fsp3) is 0.200. The third kappa shape index (κ3) is 3.68. The average Bonchev–Trinajstić information content (AvgIpc) is 2.88. The van der Waals surface area contributed by atoms with E-state index < -0.39 is 11.7 Å². The lowest BCUT2D eigenvalue weighted by molar-refractivity contribution is 0.0996. The van der Waals surface area contributed by atoms with Crippen LogP contribution in [0.5, 0.6) is 0 Å². The topological polar surface area (TPSA) is 75.4 Å². The number of oxazole rings is 1. The van der Waals surface area contributed by atoms with Gasteiger partial charge in [0.1, 0.15) is 5.82 Å². The number of amides is 1. The normalized spacial score (nSPS) is 9.86. The SMILES string of the molecule is Cc1ncoc1C(=O)Nc1ccc(F)cc1C#CCCO. The van der Waals surface area contributed by atoms with E-state index in [2.05, 4.69) is 22.1 Å². The molecule has 2 rings (SSSR count). The molecule has 0 saturated heterocycles. The van der Waals surface area contributed by atoms with Gasteiger partial charge in [0, 0.05) is 6.42 Å². The minimum Gasteiger partial charge on any atom is -0.438 e. The first-order chi connectivity index (χ1) is 10.1. The molecule has 1 aromatic heterocycles. The molecule has 5 nitrogen and oxygen atoms in total. The maximum Gasteiger partial charge on any atom is 0.293 e. The minimum atomic E-state index is -0.484. The lowest BCUT2D eigenvalue weighted by Crippen LogP contribution is -2.13. The van der Waals surface area contributed by atoms with Crippen LogP contribution < -0.4 is 5.32 Å². The van der Waals surface area contributed by atoms with Crippen molar-refractivity contribution < 1.29 is 18.7 Å². The van der Waals surface area contributed by atoms with Crippen LogP contribution >= 0.6 is 0 Å². The van der Waals surface area contributed by atoms with Crippen LogP contribution in [0.25, 0.3) is 0 Å². The summed E-state index contributed by atoms with van der Waals surface area (Å²) in [6.07, 6.45) is 1.45. The number of carbonyl (C=O) groups is 1. The Kier molecular flexibility index (Phi) is 4.69. The van der Waals surface area contributed by atoms with Crippen molar-refractivity contribution in [3.05, 3.63) is 47.4 Å². The molecule has 0 bridgehead atoms. The first-order valence-corrected chi connectivity index (χ1v) is 6.22. The van der Waals surface area contributed by atoms with Gasteiger partial charge in [-0.25, -0.2) is 9.37 Å². The Hall–Kier alpha value is -2.65. The number of aromatic nitrogens is 1. The van der Waals surface area contributed by atoms with E-state index in [-0.39, 0.29) is 18.8 Å². The van der Waals surface area contributed by atoms with Crippen LogP contribution in [0, 0.1) is 24.6 Å². The summed E-state index contributed by atoms with van der Waals surface area (Å²) in [7, 11) is 0. The van der Waals surface area contributed by atoms with Crippen molar-refractivity contribution in [3.63, 3.8) is 0 Å². The number of halogens is 1. The average molecular weight is 288 g/mol. The molecule has 0 unspecified atom stereocenters. The van der Waals surface area contributed by atoms with Crippen LogP contribution in [0.4, 0.5) is 10.1 Å². The maximum atomic E-state index is 13.3. The van der Waals surface area contributed by atoms with Crippen LogP contribution in [0.3, 0.4) is 0 Å². The van der Waals surface area contributed by atoms with E-state index in [0.717, 1.165) is 0 Å². The highest BCUT2D eigenvalue weighted by Gasteiger charge is 2.15. The molecule has 2 aromatic rings. The van der Waals surface area contributed by atoms with Crippen molar-refractivity contribution in [2.45, 2.75) is 13.3 Å². The highest BCUT2D eigenvalue weighted by atomic mass is 19.1. The van der Waals surface area contributed by atoms with Gasteiger partial charge in [-0.05, 0) is 25.1 Å². The summed E-state index contributed by atoms with van der Waals surface area (Å²) in [5.74, 6) is 4.54. The van der Waals surface area contributed by atoms with Crippen molar-refractivity contribution in [2.24, 2.45) is 0 Å². The first kappa shape index (κ1) is 14.8. The number of rotatable bonds is 3. The largest absolute Gasteiger partial charge is 0.438 e. The molecule has 0 aliphatic heterocycles. The molecule has 2 N–H and O–H groups in total. The molecule has 6 heteroatoms. The molecule has 108 valence electrons. The number of aryl methyl sites for hydroxylation is 1. The van der Waals surface area contributed by atoms with Gasteiger partial charge in [0.15, 0.2) is 6.39 Å². The van der Waals surface area contributed by atoms with Gasteiger partial charge in [-0.1, -0.05) is 11.8 Å². The molecule has 21 heavy (non-hydrogen) atoms. The Labute approximate surface area is 120 Å². The summed E-state index contributed by atoms with van der Waals surface area (Å²) in [6, 6.07) is 3.86. The number of benzene rings is 1. The van der Waals surface area contributed by atoms with Gasteiger partial charge in [0.25, 0.3) is 5.91 Å². The summed E-state index contributed by atoms with van der Waals surface area (Å²) in [5.41, 5.74) is 1.15. The monoisotopic (exact) mass is 288 g/mol. The zero-order valence-electron chi connectivity index (χ0n) is 11.3. The number of anilines is 1. The number of nitrogens with zero attached hydrogens (tertiary/aromatic N) is 1. The van der Waals surface area contributed by atoms with Gasteiger partial charge in [0.05, 0.1) is 23.6 Å². The van der Waals surface area contributed by atoms with E-state index in [0.29, 0.717) is 16.9 Å². The molecule has 0 atom stereocenters. The molecule has 1 heterocycles. The molecule has 1 aromatic carbocycles. The van der Waals surface area contributed by atoms with E-state index in [1.807, 2.05) is 0 Å². The first-order valence-electron chi connectivity index (χ1n) is 6.22. The Morgan fingerprint density at radius 3 is 3.00 bits per heavy atom. The third-order valence-corrected chi connectivity index (χ3v) is 2.64. The third-order valence-electron chi connectivity index (χ3n) is 2.64. The lowest BCUT2D eigenvalue weighted by Gasteiger charge is -2.06. The molecule has 0 spiro atoms. The van der Waals surface area contributed by atoms with Gasteiger partial charge in [-0.2, -0.15) is 0 Å². The summed E-state index contributed by atoms with van der Waals surface area (Å²) < 4.78 is 18.3. The second kappa shape index (κ2) is 6.68. The Morgan fingerprint density at radius 1 is 1.52 bits per heavy atom. The predicted molar refractivity (Wildman–Crippen MR) is 74.2 cm³/mol. The second-order valence-corrected chi connectivity index (χ2v) is 4.19. The molecular formula is C15H13FN2O3. The van der Waals surface area contributed by atoms with E-state index in [9.17, 15) is 9.18 Å². The minimum absolute atomic E-state index is 0.0821. The van der Waals surface area contributed by atoms with E-state index in [1.54, 1.807) is 6.92 Å². The van der Waals surface area contributed by atoms with Crippen molar-refractivity contribution in [3.8, 4) is 11.8 Å². The van der Waals surface area contributed by atoms with Crippen LogP contribution in [-0.4, -0.2) is 22.6 Å². The number of carbonyl (C=O) groups excluding carboxylic acids is 1. The van der Waals surface area contributed by atoms with E-state index in [4.69, 9.17) is 9.52 Å². The summed E-state index contributed by atoms with van der Waals surface area (Å²) in [4.78, 5) is 15.9. The molecule has 0 aliphatic rings. The zero-order valence-corrected chi connectivity index (χ0v) is 11.3. The van der Waals surface area contributed by atoms with Crippen LogP contribution in [0.15, 0.2) is 29.0 Å². The molecule has 1 amide bonds. The van der Waals surface area contributed by atoms with Crippen molar-refractivity contribution in [1.82, 2.24) is 4.98 Å². The van der Waals surface area contributed by atoms with Gasteiger partial charge in [-0.15, -0.1) is 0 Å². The standard InChI is InChI=1S/C15H13FN2O3/c1-10-14(21-9-17-10)15(20)18-13-6-5-12(16)8-11(13)4-2-3-7-19/h5-6,8-9,19H,3,7H2,1H3,(H,18,20). The van der Waals surface area contributed by atoms with Crippen LogP contribution in [0.2, 0.25) is 0 Å². The van der Waals surface area contributed by atoms with Crippen molar-refractivity contribution in [2.75, 3.05) is 11.9 Å². The van der Waals surface area contributed by atoms with Gasteiger partial charge in [0.2, 0.25) is 5.76 Å². The summed E-state index contributed by atoms with van der Waals surface area (Å²) >= 11 is 0. The second-order valence-electron chi connectivity index (χ2n) is 4.19. The molecular weight excluding hydrogens is 275 g/mol. The van der Waals surface area contributed by atoms with Crippen LogP contribution in [0.1, 0.15) is 28.2 Å². The molecule has 0 aliphatic carbocycles. The van der Waals surface area contributed by atoms with Gasteiger partial charge in [-0.3, -0.25) is 4.79 Å². The molecule has 0 fully saturated rings. The number of hydrogen-bond acceptors (Lipinski definition) is 4. The fourth-order valence-corrected chi connectivity index (χ4v) is 1.64. The lowest BCUT2D eigenvalue weighted by atomic mass is 10.1. The summed E-state index contributed by atoms with van der Waals surface area (Å²) in [6.45, 7) is 1.56. The summed E-state index contributed by atoms with van der Waals surface area (Å²) in [5, 5.41) is 11.3. The van der Waals surface area contributed by atoms with Crippen molar-refractivity contribution >= 4 is 11.6 Å². The number of aliphatic hydroxyl groups excluding tert-OH is 1. The maximum absolute atomic E-state index is 13.3. The molecule has 0 saturated carbocycles. The van der Waals surface area contributed by atoms with Gasteiger partial charge >= 0.3 is 0 Å². The van der Waals surface area contributed by atoms with Crippen molar-refractivity contribution in [1.29, 1.82) is 0 Å². The Bertz CT molecular complexity index is 713. The number of hydrogen-bond donors (Lipinski definition) is 2. The fourth-order valence-electron chi connectivity index (χ4n) is 1.64. The van der Waals surface area contributed by atoms with E-state index >= 15 is 0 Å². The highest BCUT2D eigenvalue weighted by molar-refractivity contribution is 6.03. The number of nitrogens with one attached hydrogen (secondary N) is 1. The Morgan fingerprint density at radius 2 is 2.33 bits per heavy atom. The Balaban J connectivity index is 2.26. The molecule has 0 radical (unpaired) electrons. The quantitative estimate of drug-likeness (QED) is 0.848. The van der Waals surface area contributed by atoms with Crippen LogP contribution in [-0.2, 0) is 0 Å². The van der Waals surface area contributed by atoms with E-state index in [1.165, 1.54) is 24.6 Å². The van der Waals surface area contributed by atoms with Gasteiger partial charge < -0.3 is 14.8 Å². The zero-order chi connectivity index (χ0) is 15.2. The highest BCUT2D eigenvalue weighted by Crippen LogP contribution is 2.18. The number of aliphatic hydroxyl groups is 1. The predicted octanol–water partition coefficient (Wildman–Crippen LogP) is 2.11.